The van der Waals surface area contributed by atoms with Crippen LogP contribution in [0, 0.1) is 0 Å². The first-order chi connectivity index (χ1) is 15.8. The van der Waals surface area contributed by atoms with Gasteiger partial charge in [0.1, 0.15) is 6.10 Å². The van der Waals surface area contributed by atoms with Crippen molar-refractivity contribution in [1.29, 1.82) is 0 Å². The predicted molar refractivity (Wildman–Crippen MR) is 139 cm³/mol. The average Bonchev–Trinajstić information content (AvgIpc) is 2.80. The number of aliphatic carboxylic acids is 1. The normalized spacial score (nSPS) is 11.7. The molecule has 1 atom stereocenters. The number of hydrogen-bond donors (Lipinski definition) is 2. The molecule has 0 aliphatic rings. The van der Waals surface area contributed by atoms with E-state index in [4.69, 9.17) is 10.2 Å². The minimum absolute atomic E-state index is 0.302. The second-order valence-corrected chi connectivity index (χ2v) is 8.96. The van der Waals surface area contributed by atoms with Gasteiger partial charge in [-0.1, -0.05) is 111 Å². The van der Waals surface area contributed by atoms with Crippen molar-refractivity contribution in [2.45, 2.75) is 143 Å². The minimum Gasteiger partial charge on any atom is -0.479 e. The van der Waals surface area contributed by atoms with E-state index in [0.29, 0.717) is 12.3 Å². The lowest BCUT2D eigenvalue weighted by Crippen LogP contribution is -2.46. The third-order valence-corrected chi connectivity index (χ3v) is 6.01. The summed E-state index contributed by atoms with van der Waals surface area (Å²) < 4.78 is 0. The molecule has 0 heterocycles. The number of rotatable bonds is 21. The van der Waals surface area contributed by atoms with Gasteiger partial charge in [-0.05, 0) is 20.3 Å². The Bertz CT molecular complexity index is 440. The number of unbranched alkanes of at least 4 members (excludes halogenated alkanes) is 14. The lowest BCUT2D eigenvalue weighted by molar-refractivity contribution is -0.148. The van der Waals surface area contributed by atoms with Crippen molar-refractivity contribution in [3.05, 3.63) is 0 Å². The zero-order valence-corrected chi connectivity index (χ0v) is 22.6. The monoisotopic (exact) mass is 472 g/mol. The van der Waals surface area contributed by atoms with Crippen LogP contribution in [0.25, 0.3) is 0 Å². The van der Waals surface area contributed by atoms with Crippen molar-refractivity contribution in [3.8, 4) is 0 Å². The Morgan fingerprint density at radius 3 is 1.24 bits per heavy atom. The molecule has 6 heteroatoms. The summed E-state index contributed by atoms with van der Waals surface area (Å²) >= 11 is 0. The number of hydrogen-bond acceptors (Lipinski definition) is 4. The van der Waals surface area contributed by atoms with Crippen LogP contribution in [0.1, 0.15) is 137 Å². The van der Waals surface area contributed by atoms with Crippen LogP contribution in [0.15, 0.2) is 0 Å². The zero-order chi connectivity index (χ0) is 25.3. The van der Waals surface area contributed by atoms with E-state index < -0.39 is 12.1 Å². The summed E-state index contributed by atoms with van der Waals surface area (Å²) in [5.41, 5.74) is 0. The highest BCUT2D eigenvalue weighted by Crippen LogP contribution is 2.14. The molecule has 0 aliphatic heterocycles. The second-order valence-electron chi connectivity index (χ2n) is 8.96. The molecule has 0 spiro atoms. The number of hydrazine groups is 1. The molecule has 0 saturated heterocycles. The number of nitrogens with zero attached hydrogens (tertiary/aromatic N) is 2. The van der Waals surface area contributed by atoms with Gasteiger partial charge in [0.25, 0.3) is 0 Å². The Labute approximate surface area is 205 Å². The summed E-state index contributed by atoms with van der Waals surface area (Å²) in [6.45, 7) is 12.4. The van der Waals surface area contributed by atoms with Gasteiger partial charge >= 0.3 is 5.97 Å². The van der Waals surface area contributed by atoms with Gasteiger partial charge in [0, 0.05) is 26.1 Å². The van der Waals surface area contributed by atoms with E-state index in [1.165, 1.54) is 96.8 Å². The van der Waals surface area contributed by atoms with Crippen LogP contribution in [0.5, 0.6) is 0 Å². The maximum atomic E-state index is 12.4. The molecule has 1 amide bonds. The molecule has 0 aromatic heterocycles. The average molecular weight is 473 g/mol. The molecule has 0 bridgehead atoms. The Morgan fingerprint density at radius 2 is 0.970 bits per heavy atom. The van der Waals surface area contributed by atoms with E-state index in [2.05, 4.69) is 32.7 Å². The van der Waals surface area contributed by atoms with Gasteiger partial charge in [0.2, 0.25) is 5.91 Å². The quantitative estimate of drug-likeness (QED) is 0.142. The molecular formula is C27H56N2O4. The van der Waals surface area contributed by atoms with Crippen LogP contribution in [-0.2, 0) is 9.59 Å². The molecular weight excluding hydrogens is 416 g/mol. The van der Waals surface area contributed by atoms with E-state index >= 15 is 0 Å². The van der Waals surface area contributed by atoms with Crippen LogP contribution in [0.2, 0.25) is 0 Å². The predicted octanol–water partition coefficient (Wildman–Crippen LogP) is 6.81. The number of carbonyl (C=O) groups excluding carboxylic acids is 1. The maximum absolute atomic E-state index is 12.4. The first kappa shape index (κ1) is 34.0. The SMILES string of the molecule is CC(O)C(=O)O.CCCCCCCCCCCCCCCCCC(=O)N(CC)N(CC)CC. The van der Waals surface area contributed by atoms with Gasteiger partial charge in [0.15, 0.2) is 0 Å². The molecule has 2 N–H and O–H groups in total. The number of amides is 1. The molecule has 0 aromatic carbocycles. The number of aliphatic hydroxyl groups excluding tert-OH is 1. The van der Waals surface area contributed by atoms with Gasteiger partial charge < -0.3 is 10.2 Å². The first-order valence-electron chi connectivity index (χ1n) is 13.8. The van der Waals surface area contributed by atoms with Gasteiger partial charge in [-0.3, -0.25) is 9.80 Å². The van der Waals surface area contributed by atoms with E-state index in [1.807, 2.05) is 5.01 Å². The lowest BCUT2D eigenvalue weighted by atomic mass is 10.0. The minimum atomic E-state index is -1.23. The Kier molecular flexibility index (Phi) is 26.3. The van der Waals surface area contributed by atoms with Crippen LogP contribution in [0.3, 0.4) is 0 Å². The number of carbonyl (C=O) groups is 2. The summed E-state index contributed by atoms with van der Waals surface area (Å²) in [7, 11) is 0. The van der Waals surface area contributed by atoms with Crippen LogP contribution < -0.4 is 0 Å². The van der Waals surface area contributed by atoms with Crippen molar-refractivity contribution in [2.75, 3.05) is 19.6 Å². The summed E-state index contributed by atoms with van der Waals surface area (Å²) in [4.78, 5) is 21.8. The number of carboxylic acids is 1. The van der Waals surface area contributed by atoms with E-state index in [1.54, 1.807) is 0 Å². The molecule has 198 valence electrons. The van der Waals surface area contributed by atoms with Gasteiger partial charge in [-0.25, -0.2) is 9.80 Å². The molecule has 0 rings (SSSR count). The van der Waals surface area contributed by atoms with Crippen LogP contribution in [-0.4, -0.2) is 57.8 Å². The standard InChI is InChI=1S/C24H50N2O.C3H6O3/c1-5-9-10-11-12-13-14-15-16-17-18-19-20-21-22-23-24(27)26(8-4)25(6-2)7-3;1-2(4)3(5)6/h5-23H2,1-4H3;2,4H,1H3,(H,5,6). The summed E-state index contributed by atoms with van der Waals surface area (Å²) in [5.74, 6) is -0.883. The topological polar surface area (TPSA) is 81.1 Å². The summed E-state index contributed by atoms with van der Waals surface area (Å²) in [6.07, 6.45) is 20.0. The van der Waals surface area contributed by atoms with E-state index in [0.717, 1.165) is 26.1 Å². The smallest absolute Gasteiger partial charge is 0.332 e. The second kappa shape index (κ2) is 25.5. The fraction of sp³-hybridized carbons (Fsp3) is 0.926. The van der Waals surface area contributed by atoms with Crippen molar-refractivity contribution < 1.29 is 19.8 Å². The highest BCUT2D eigenvalue weighted by Gasteiger charge is 2.16. The van der Waals surface area contributed by atoms with Crippen molar-refractivity contribution >= 4 is 11.9 Å². The third kappa shape index (κ3) is 22.4. The molecule has 0 aromatic rings. The zero-order valence-electron chi connectivity index (χ0n) is 22.6. The van der Waals surface area contributed by atoms with Gasteiger partial charge in [0.05, 0.1) is 0 Å². The molecule has 0 aliphatic carbocycles. The van der Waals surface area contributed by atoms with Crippen molar-refractivity contribution in [2.24, 2.45) is 0 Å². The Hall–Kier alpha value is -1.14. The number of carboxylic acid groups (broad SMARTS) is 1. The Morgan fingerprint density at radius 1 is 0.636 bits per heavy atom. The van der Waals surface area contributed by atoms with E-state index in [9.17, 15) is 9.59 Å². The van der Waals surface area contributed by atoms with Crippen molar-refractivity contribution in [3.63, 3.8) is 0 Å². The maximum Gasteiger partial charge on any atom is 0.332 e. The van der Waals surface area contributed by atoms with Crippen LogP contribution in [0.4, 0.5) is 0 Å². The third-order valence-electron chi connectivity index (χ3n) is 6.01. The fourth-order valence-electron chi connectivity index (χ4n) is 3.88. The molecule has 33 heavy (non-hydrogen) atoms. The molecule has 1 unspecified atom stereocenters. The lowest BCUT2D eigenvalue weighted by Gasteiger charge is -2.32. The van der Waals surface area contributed by atoms with Crippen LogP contribution >= 0.6 is 0 Å². The molecule has 0 saturated carbocycles. The summed E-state index contributed by atoms with van der Waals surface area (Å²) in [5, 5.41) is 19.9. The highest BCUT2D eigenvalue weighted by atomic mass is 16.4. The molecule has 0 radical (unpaired) electrons. The van der Waals surface area contributed by atoms with Crippen molar-refractivity contribution in [1.82, 2.24) is 10.0 Å². The molecule has 6 nitrogen and oxygen atoms in total. The first-order valence-corrected chi connectivity index (χ1v) is 13.8. The molecule has 0 fully saturated rings. The summed E-state index contributed by atoms with van der Waals surface area (Å²) in [6, 6.07) is 0. The van der Waals surface area contributed by atoms with Gasteiger partial charge in [-0.15, -0.1) is 0 Å². The van der Waals surface area contributed by atoms with Gasteiger partial charge in [-0.2, -0.15) is 0 Å². The largest absolute Gasteiger partial charge is 0.479 e. The fourth-order valence-corrected chi connectivity index (χ4v) is 3.88. The highest BCUT2D eigenvalue weighted by molar-refractivity contribution is 5.75. The Balaban J connectivity index is 0. The number of aliphatic hydroxyl groups is 1. The van der Waals surface area contributed by atoms with E-state index in [-0.39, 0.29) is 0 Å².